The molecule has 7 heteroatoms. The van der Waals surface area contributed by atoms with Crippen LogP contribution in [0.25, 0.3) is 10.9 Å². The van der Waals surface area contributed by atoms with E-state index in [4.69, 9.17) is 0 Å². The fourth-order valence-electron chi connectivity index (χ4n) is 3.05. The van der Waals surface area contributed by atoms with Crippen LogP contribution in [0.5, 0.6) is 0 Å². The Morgan fingerprint density at radius 2 is 1.90 bits per heavy atom. The largest absolute Gasteiger partial charge is 0.369 e. The van der Waals surface area contributed by atoms with E-state index >= 15 is 0 Å². The first-order valence-corrected chi connectivity index (χ1v) is 11.0. The maximum Gasteiger partial charge on any atom is 0.319 e. The van der Waals surface area contributed by atoms with Gasteiger partial charge in [-0.05, 0) is 68.0 Å². The molecule has 0 spiro atoms. The van der Waals surface area contributed by atoms with Gasteiger partial charge in [0, 0.05) is 29.1 Å². The molecule has 0 unspecified atom stereocenters. The lowest BCUT2D eigenvalue weighted by Gasteiger charge is -2.12. The third-order valence-corrected chi connectivity index (χ3v) is 5.66. The van der Waals surface area contributed by atoms with Crippen LogP contribution in [0.1, 0.15) is 23.1 Å². The molecule has 0 aliphatic carbocycles. The Bertz CT molecular complexity index is 1090. The van der Waals surface area contributed by atoms with Crippen LogP contribution in [0, 0.1) is 25.2 Å². The Hall–Kier alpha value is -3.24. The van der Waals surface area contributed by atoms with Crippen LogP contribution >= 0.6 is 11.8 Å². The quantitative estimate of drug-likeness (QED) is 0.367. The van der Waals surface area contributed by atoms with Crippen molar-refractivity contribution in [2.75, 3.05) is 30.0 Å². The Balaban J connectivity index is 1.51. The molecule has 0 radical (unpaired) electrons. The van der Waals surface area contributed by atoms with E-state index in [0.717, 1.165) is 27.0 Å². The molecule has 0 bridgehead atoms. The molecule has 0 saturated heterocycles. The van der Waals surface area contributed by atoms with Crippen LogP contribution in [0.4, 0.5) is 16.3 Å². The van der Waals surface area contributed by atoms with Crippen LogP contribution in [0.2, 0.25) is 0 Å². The second kappa shape index (κ2) is 9.99. The molecule has 2 aromatic carbocycles. The predicted molar refractivity (Wildman–Crippen MR) is 124 cm³/mol. The second-order valence-electron chi connectivity index (χ2n) is 6.97. The Labute approximate surface area is 181 Å². The SMILES string of the molecule is CSc1ccc(NC(=O)NCCCNc2nc3c(C)c(C)ccc3cc2C#N)cc1. The molecular weight excluding hydrogens is 394 g/mol. The molecule has 2 amide bonds. The Kier molecular flexibility index (Phi) is 7.15. The number of carbonyl (C=O) groups is 1. The standard InChI is InChI=1S/C23H25N5OS/c1-15-5-6-17-13-18(14-24)22(28-21(17)16(15)2)25-11-4-12-26-23(29)27-19-7-9-20(30-3)10-8-19/h5-10,13H,4,11-12H2,1-3H3,(H,25,28)(H2,26,27,29). The molecule has 3 aromatic rings. The van der Waals surface area contributed by atoms with Crippen LogP contribution in [-0.4, -0.2) is 30.4 Å². The first kappa shape index (κ1) is 21.5. The normalized spacial score (nSPS) is 10.5. The van der Waals surface area contributed by atoms with Gasteiger partial charge in [-0.15, -0.1) is 11.8 Å². The van der Waals surface area contributed by atoms with Crippen LogP contribution in [0.15, 0.2) is 47.4 Å². The zero-order chi connectivity index (χ0) is 21.5. The average molecular weight is 420 g/mol. The van der Waals surface area contributed by atoms with Gasteiger partial charge in [0.1, 0.15) is 11.9 Å². The number of nitriles is 1. The van der Waals surface area contributed by atoms with E-state index in [1.54, 1.807) is 11.8 Å². The number of thioether (sulfide) groups is 1. The highest BCUT2D eigenvalue weighted by molar-refractivity contribution is 7.98. The van der Waals surface area contributed by atoms with E-state index < -0.39 is 0 Å². The molecule has 6 nitrogen and oxygen atoms in total. The molecule has 1 aromatic heterocycles. The lowest BCUT2D eigenvalue weighted by atomic mass is 10.0. The van der Waals surface area contributed by atoms with E-state index in [1.165, 1.54) is 5.56 Å². The summed E-state index contributed by atoms with van der Waals surface area (Å²) in [5, 5.41) is 19.3. The summed E-state index contributed by atoms with van der Waals surface area (Å²) in [6, 6.07) is 15.6. The summed E-state index contributed by atoms with van der Waals surface area (Å²) in [7, 11) is 0. The van der Waals surface area contributed by atoms with Gasteiger partial charge in [-0.25, -0.2) is 9.78 Å². The number of carbonyl (C=O) groups excluding carboxylic acids is 1. The van der Waals surface area contributed by atoms with Crippen molar-refractivity contribution < 1.29 is 4.79 Å². The molecule has 3 N–H and O–H groups in total. The maximum atomic E-state index is 12.0. The smallest absolute Gasteiger partial charge is 0.319 e. The van der Waals surface area contributed by atoms with Crippen LogP contribution in [-0.2, 0) is 0 Å². The number of hydrogen-bond acceptors (Lipinski definition) is 5. The third-order valence-electron chi connectivity index (χ3n) is 4.91. The number of nitrogens with one attached hydrogen (secondary N) is 3. The van der Waals surface area contributed by atoms with Crippen molar-refractivity contribution >= 4 is 40.2 Å². The second-order valence-corrected chi connectivity index (χ2v) is 7.84. The van der Waals surface area contributed by atoms with Crippen molar-refractivity contribution in [1.82, 2.24) is 10.3 Å². The average Bonchev–Trinajstić information content (AvgIpc) is 2.76. The summed E-state index contributed by atoms with van der Waals surface area (Å²) in [5.74, 6) is 0.581. The van der Waals surface area contributed by atoms with Gasteiger partial charge in [0.05, 0.1) is 11.1 Å². The van der Waals surface area contributed by atoms with Crippen molar-refractivity contribution in [2.24, 2.45) is 0 Å². The van der Waals surface area contributed by atoms with Gasteiger partial charge < -0.3 is 16.0 Å². The Morgan fingerprint density at radius 3 is 2.60 bits per heavy atom. The summed E-state index contributed by atoms with van der Waals surface area (Å²) >= 11 is 1.66. The van der Waals surface area contributed by atoms with Gasteiger partial charge in [0.2, 0.25) is 0 Å². The monoisotopic (exact) mass is 419 g/mol. The van der Waals surface area contributed by atoms with Crippen molar-refractivity contribution in [3.8, 4) is 6.07 Å². The predicted octanol–water partition coefficient (Wildman–Crippen LogP) is 5.07. The minimum atomic E-state index is -0.237. The summed E-state index contributed by atoms with van der Waals surface area (Å²) in [6.45, 7) is 5.20. The molecule has 3 rings (SSSR count). The molecule has 0 aliphatic rings. The lowest BCUT2D eigenvalue weighted by Crippen LogP contribution is -2.30. The third kappa shape index (κ3) is 5.22. The van der Waals surface area contributed by atoms with E-state index in [2.05, 4.69) is 33.9 Å². The molecule has 0 fully saturated rings. The number of urea groups is 1. The van der Waals surface area contributed by atoms with E-state index in [9.17, 15) is 10.1 Å². The number of fused-ring (bicyclic) bond motifs is 1. The summed E-state index contributed by atoms with van der Waals surface area (Å²) in [5.41, 5.74) is 4.47. The molecular formula is C23H25N5OS. The van der Waals surface area contributed by atoms with Crippen molar-refractivity contribution in [2.45, 2.75) is 25.2 Å². The fourth-order valence-corrected chi connectivity index (χ4v) is 3.46. The van der Waals surface area contributed by atoms with Gasteiger partial charge in [0.25, 0.3) is 0 Å². The summed E-state index contributed by atoms with van der Waals surface area (Å²) in [6.07, 6.45) is 2.72. The van der Waals surface area contributed by atoms with Gasteiger partial charge in [-0.2, -0.15) is 5.26 Å². The molecule has 0 saturated carbocycles. The summed E-state index contributed by atoms with van der Waals surface area (Å²) < 4.78 is 0. The highest BCUT2D eigenvalue weighted by Gasteiger charge is 2.09. The summed E-state index contributed by atoms with van der Waals surface area (Å²) in [4.78, 5) is 17.8. The molecule has 0 atom stereocenters. The van der Waals surface area contributed by atoms with Gasteiger partial charge in [-0.1, -0.05) is 12.1 Å². The highest BCUT2D eigenvalue weighted by atomic mass is 32.2. The van der Waals surface area contributed by atoms with E-state index in [0.29, 0.717) is 30.9 Å². The number of aromatic nitrogens is 1. The topological polar surface area (TPSA) is 89.8 Å². The highest BCUT2D eigenvalue weighted by Crippen LogP contribution is 2.24. The molecule has 0 aliphatic heterocycles. The maximum absolute atomic E-state index is 12.0. The lowest BCUT2D eigenvalue weighted by molar-refractivity contribution is 0.252. The zero-order valence-electron chi connectivity index (χ0n) is 17.4. The van der Waals surface area contributed by atoms with Crippen LogP contribution < -0.4 is 16.0 Å². The molecule has 30 heavy (non-hydrogen) atoms. The number of nitrogens with zero attached hydrogens (tertiary/aromatic N) is 2. The van der Waals surface area contributed by atoms with E-state index in [-0.39, 0.29) is 6.03 Å². The fraction of sp³-hybridized carbons (Fsp3) is 0.261. The van der Waals surface area contributed by atoms with Crippen molar-refractivity contribution in [3.63, 3.8) is 0 Å². The van der Waals surface area contributed by atoms with Crippen molar-refractivity contribution in [3.05, 3.63) is 59.2 Å². The number of rotatable bonds is 7. The number of pyridine rings is 1. The number of amides is 2. The number of benzene rings is 2. The number of hydrogen-bond donors (Lipinski definition) is 3. The first-order valence-electron chi connectivity index (χ1n) is 9.75. The molecule has 154 valence electrons. The number of anilines is 2. The van der Waals surface area contributed by atoms with Crippen molar-refractivity contribution in [1.29, 1.82) is 5.26 Å². The Morgan fingerprint density at radius 1 is 1.13 bits per heavy atom. The van der Waals surface area contributed by atoms with E-state index in [1.807, 2.05) is 55.6 Å². The minimum absolute atomic E-state index is 0.237. The minimum Gasteiger partial charge on any atom is -0.369 e. The number of aryl methyl sites for hydroxylation is 2. The van der Waals surface area contributed by atoms with Crippen LogP contribution in [0.3, 0.4) is 0 Å². The van der Waals surface area contributed by atoms with Gasteiger partial charge >= 0.3 is 6.03 Å². The first-order chi connectivity index (χ1) is 14.5. The van der Waals surface area contributed by atoms with Gasteiger partial charge in [0.15, 0.2) is 0 Å². The molecule has 1 heterocycles. The van der Waals surface area contributed by atoms with Gasteiger partial charge in [-0.3, -0.25) is 0 Å². The zero-order valence-corrected chi connectivity index (χ0v) is 18.2.